The van der Waals surface area contributed by atoms with Gasteiger partial charge in [0.1, 0.15) is 0 Å². The van der Waals surface area contributed by atoms with Crippen molar-refractivity contribution in [2.24, 2.45) is 0 Å². The quantitative estimate of drug-likeness (QED) is 0.177. The van der Waals surface area contributed by atoms with Gasteiger partial charge in [0.15, 0.2) is 17.5 Å². The van der Waals surface area contributed by atoms with E-state index in [0.717, 1.165) is 49.6 Å². The summed E-state index contributed by atoms with van der Waals surface area (Å²) in [5.74, 6) is 1.91. The van der Waals surface area contributed by atoms with Crippen LogP contribution in [0.5, 0.6) is 0 Å². The molecule has 0 radical (unpaired) electrons. The molecule has 4 aromatic heterocycles. The normalized spacial score (nSPS) is 11.7. The molecule has 0 N–H and O–H groups in total. The lowest BCUT2D eigenvalue weighted by atomic mass is 10.0. The average molecular weight is 725 g/mol. The van der Waals surface area contributed by atoms with Crippen molar-refractivity contribution in [3.05, 3.63) is 170 Å². The molecule has 4 heterocycles. The number of nitrogens with zero attached hydrogens (tertiary/aromatic N) is 4. The van der Waals surface area contributed by atoms with E-state index in [4.69, 9.17) is 19.9 Å². The molecule has 0 unspecified atom stereocenters. The highest BCUT2D eigenvalue weighted by Crippen LogP contribution is 2.44. The molecule has 4 nitrogen and oxygen atoms in total. The third-order valence-corrected chi connectivity index (χ3v) is 12.6. The molecule has 11 rings (SSSR count). The number of fused-ring (bicyclic) bond motifs is 8. The highest BCUT2D eigenvalue weighted by atomic mass is 32.1. The third-order valence-electron chi connectivity index (χ3n) is 10.1. The fraction of sp³-hybridized carbons (Fsp3) is 0. The van der Waals surface area contributed by atoms with E-state index in [9.17, 15) is 0 Å². The lowest BCUT2D eigenvalue weighted by molar-refractivity contribution is 1.07. The number of hydrogen-bond donors (Lipinski definition) is 0. The smallest absolute Gasteiger partial charge is 0.164 e. The van der Waals surface area contributed by atoms with E-state index in [2.05, 4.69) is 146 Å². The van der Waals surface area contributed by atoms with Gasteiger partial charge < -0.3 is 0 Å². The second kappa shape index (κ2) is 12.5. The van der Waals surface area contributed by atoms with E-state index in [0.29, 0.717) is 17.5 Å². The first-order valence-electron chi connectivity index (χ1n) is 17.9. The number of thiophene rings is 2. The van der Waals surface area contributed by atoms with Crippen molar-refractivity contribution in [2.45, 2.75) is 0 Å². The Morgan fingerprint density at radius 2 is 0.889 bits per heavy atom. The van der Waals surface area contributed by atoms with E-state index < -0.39 is 0 Å². The first-order chi connectivity index (χ1) is 26.7. The van der Waals surface area contributed by atoms with Crippen LogP contribution in [0.2, 0.25) is 0 Å². The zero-order valence-corrected chi connectivity index (χ0v) is 30.4. The molecule has 0 spiro atoms. The number of para-hydroxylation sites is 1. The molecule has 252 valence electrons. The van der Waals surface area contributed by atoms with Gasteiger partial charge in [-0.15, -0.1) is 22.7 Å². The first kappa shape index (κ1) is 31.0. The number of hydrogen-bond acceptors (Lipinski definition) is 6. The second-order valence-corrected chi connectivity index (χ2v) is 15.5. The molecule has 0 amide bonds. The number of aromatic nitrogens is 4. The van der Waals surface area contributed by atoms with Gasteiger partial charge >= 0.3 is 0 Å². The minimum absolute atomic E-state index is 0.634. The minimum atomic E-state index is 0.634. The molecule has 0 aliphatic heterocycles. The fourth-order valence-corrected chi connectivity index (χ4v) is 9.99. The monoisotopic (exact) mass is 724 g/mol. The molecule has 11 aromatic rings. The van der Waals surface area contributed by atoms with Gasteiger partial charge in [0.25, 0.3) is 0 Å². The van der Waals surface area contributed by atoms with Crippen molar-refractivity contribution in [1.82, 2.24) is 19.9 Å². The summed E-state index contributed by atoms with van der Waals surface area (Å²) < 4.78 is 5.04. The summed E-state index contributed by atoms with van der Waals surface area (Å²) in [4.78, 5) is 20.5. The zero-order valence-electron chi connectivity index (χ0n) is 28.8. The van der Waals surface area contributed by atoms with Gasteiger partial charge in [0.05, 0.1) is 11.2 Å². The van der Waals surface area contributed by atoms with Gasteiger partial charge in [-0.3, -0.25) is 0 Å². The topological polar surface area (TPSA) is 51.6 Å². The van der Waals surface area contributed by atoms with Crippen LogP contribution in [0.3, 0.4) is 0 Å². The summed E-state index contributed by atoms with van der Waals surface area (Å²) in [5, 5.41) is 6.06. The van der Waals surface area contributed by atoms with E-state index in [1.165, 1.54) is 40.7 Å². The molecule has 6 heteroatoms. The van der Waals surface area contributed by atoms with Crippen LogP contribution in [0.25, 0.3) is 108 Å². The molecule has 0 atom stereocenters. The zero-order chi connectivity index (χ0) is 35.6. The van der Waals surface area contributed by atoms with Gasteiger partial charge in [-0.2, -0.15) is 0 Å². The SMILES string of the molecule is c1ccc(-c2nc(-c3ccc(-c4cccc5c4sc4ccccc45)cc3)nc(-c3ccc4sc5c6ccccc6nc(-c6ccccc6)c5c4c3)n2)cc1. The van der Waals surface area contributed by atoms with Gasteiger partial charge in [-0.25, -0.2) is 19.9 Å². The molecule has 54 heavy (non-hydrogen) atoms. The van der Waals surface area contributed by atoms with Gasteiger partial charge in [-0.1, -0.05) is 140 Å². The Morgan fingerprint density at radius 1 is 0.333 bits per heavy atom. The van der Waals surface area contributed by atoms with Crippen molar-refractivity contribution in [3.8, 4) is 56.5 Å². The van der Waals surface area contributed by atoms with E-state index in [1.807, 2.05) is 46.9 Å². The summed E-state index contributed by atoms with van der Waals surface area (Å²) in [7, 11) is 0. The Balaban J connectivity index is 1.07. The maximum Gasteiger partial charge on any atom is 0.164 e. The van der Waals surface area contributed by atoms with Crippen LogP contribution in [0, 0.1) is 0 Å². The Morgan fingerprint density at radius 3 is 1.67 bits per heavy atom. The standard InChI is InChI=1S/C48H28N4S2/c1-3-12-30(13-4-1)43-42-38-28-33(26-27-41(38)54-45(42)37-17-7-9-20-39(37)49-43)48-51-46(31-14-5-2-6-15-31)50-47(52-48)32-24-22-29(23-25-32)34-18-11-19-36-35-16-8-10-21-40(35)53-44(34)36/h1-28H. The van der Waals surface area contributed by atoms with Gasteiger partial charge in [0.2, 0.25) is 0 Å². The number of rotatable bonds is 5. The van der Waals surface area contributed by atoms with Gasteiger partial charge in [0, 0.05) is 68.0 Å². The van der Waals surface area contributed by atoms with Crippen LogP contribution in [-0.4, -0.2) is 19.9 Å². The van der Waals surface area contributed by atoms with Crippen LogP contribution < -0.4 is 0 Å². The average Bonchev–Trinajstić information content (AvgIpc) is 3.83. The molecule has 0 saturated carbocycles. The van der Waals surface area contributed by atoms with E-state index >= 15 is 0 Å². The molecule has 0 aliphatic carbocycles. The summed E-state index contributed by atoms with van der Waals surface area (Å²) >= 11 is 3.66. The fourth-order valence-electron chi connectivity index (χ4n) is 7.53. The van der Waals surface area contributed by atoms with Gasteiger partial charge in [-0.05, 0) is 41.5 Å². The van der Waals surface area contributed by atoms with Crippen molar-refractivity contribution >= 4 is 73.9 Å². The Labute approximate surface area is 318 Å². The highest BCUT2D eigenvalue weighted by molar-refractivity contribution is 7.27. The van der Waals surface area contributed by atoms with Crippen molar-refractivity contribution in [3.63, 3.8) is 0 Å². The molecule has 0 aliphatic rings. The number of benzene rings is 7. The summed E-state index contributed by atoms with van der Waals surface area (Å²) in [6.45, 7) is 0. The Kier molecular flexibility index (Phi) is 7.18. The predicted octanol–water partition coefficient (Wildman–Crippen LogP) is 13.5. The largest absolute Gasteiger partial charge is 0.247 e. The summed E-state index contributed by atoms with van der Waals surface area (Å²) in [5.41, 5.74) is 8.29. The lowest BCUT2D eigenvalue weighted by Gasteiger charge is -2.10. The maximum atomic E-state index is 5.23. The van der Waals surface area contributed by atoms with Crippen molar-refractivity contribution < 1.29 is 0 Å². The van der Waals surface area contributed by atoms with Crippen LogP contribution in [0.1, 0.15) is 0 Å². The second-order valence-electron chi connectivity index (χ2n) is 13.4. The first-order valence-corrected chi connectivity index (χ1v) is 19.5. The van der Waals surface area contributed by atoms with Crippen LogP contribution in [-0.2, 0) is 0 Å². The molecular formula is C48H28N4S2. The lowest BCUT2D eigenvalue weighted by Crippen LogP contribution is -2.00. The molecule has 0 saturated heterocycles. The third kappa shape index (κ3) is 5.11. The Bertz CT molecular complexity index is 3200. The van der Waals surface area contributed by atoms with Crippen LogP contribution in [0.15, 0.2) is 170 Å². The van der Waals surface area contributed by atoms with Crippen LogP contribution >= 0.6 is 22.7 Å². The molecule has 0 fully saturated rings. The minimum Gasteiger partial charge on any atom is -0.247 e. The Hall–Kier alpha value is -6.60. The van der Waals surface area contributed by atoms with E-state index in [-0.39, 0.29) is 0 Å². The number of pyridine rings is 1. The molecule has 7 aromatic carbocycles. The van der Waals surface area contributed by atoms with Crippen LogP contribution in [0.4, 0.5) is 0 Å². The summed E-state index contributed by atoms with van der Waals surface area (Å²) in [6.07, 6.45) is 0. The van der Waals surface area contributed by atoms with Crippen molar-refractivity contribution in [1.29, 1.82) is 0 Å². The van der Waals surface area contributed by atoms with Crippen molar-refractivity contribution in [2.75, 3.05) is 0 Å². The molecular weight excluding hydrogens is 697 g/mol. The predicted molar refractivity (Wildman–Crippen MR) is 228 cm³/mol. The van der Waals surface area contributed by atoms with E-state index in [1.54, 1.807) is 0 Å². The maximum absolute atomic E-state index is 5.23. The highest BCUT2D eigenvalue weighted by Gasteiger charge is 2.19. The summed E-state index contributed by atoms with van der Waals surface area (Å²) in [6, 6.07) is 59.5. The molecule has 0 bridgehead atoms.